The van der Waals surface area contributed by atoms with E-state index in [9.17, 15) is 8.42 Å². The van der Waals surface area contributed by atoms with Crippen LogP contribution in [0.4, 0.5) is 0 Å². The standard InChI is InChI=1S/C18H23NO2S/c1-19(22(20,21)18-14-8-3-9-15-18)16-10-4-7-13-17-11-5-2-6-12-17/h2-3,5-6,8-9,11-12,14-15H,4,7,10,13,16H2,1H3. The second-order valence-corrected chi connectivity index (χ2v) is 7.48. The van der Waals surface area contributed by atoms with Gasteiger partial charge < -0.3 is 0 Å². The van der Waals surface area contributed by atoms with Crippen LogP contribution in [-0.4, -0.2) is 26.3 Å². The van der Waals surface area contributed by atoms with E-state index in [1.165, 1.54) is 9.87 Å². The van der Waals surface area contributed by atoms with E-state index in [0.717, 1.165) is 25.7 Å². The predicted octanol–water partition coefficient (Wildman–Crippen LogP) is 3.72. The minimum atomic E-state index is -3.34. The summed E-state index contributed by atoms with van der Waals surface area (Å²) >= 11 is 0. The summed E-state index contributed by atoms with van der Waals surface area (Å²) in [4.78, 5) is 0.363. The highest BCUT2D eigenvalue weighted by molar-refractivity contribution is 7.89. The summed E-state index contributed by atoms with van der Waals surface area (Å²) in [6, 6.07) is 19.0. The van der Waals surface area contributed by atoms with Gasteiger partial charge in [0.1, 0.15) is 0 Å². The van der Waals surface area contributed by atoms with Crippen molar-refractivity contribution in [2.45, 2.75) is 30.6 Å². The average Bonchev–Trinajstić information content (AvgIpc) is 2.56. The first kappa shape index (κ1) is 16.7. The molecule has 0 aliphatic carbocycles. The third-order valence-electron chi connectivity index (χ3n) is 3.73. The highest BCUT2D eigenvalue weighted by Gasteiger charge is 2.19. The Morgan fingerprint density at radius 3 is 2.05 bits per heavy atom. The molecule has 0 saturated heterocycles. The number of rotatable bonds is 8. The Labute approximate surface area is 133 Å². The first-order valence-electron chi connectivity index (χ1n) is 7.66. The molecule has 0 radical (unpaired) electrons. The molecule has 0 fully saturated rings. The predicted molar refractivity (Wildman–Crippen MR) is 90.3 cm³/mol. The molecule has 3 nitrogen and oxygen atoms in total. The van der Waals surface area contributed by atoms with Gasteiger partial charge in [-0.1, -0.05) is 55.0 Å². The molecule has 0 N–H and O–H groups in total. The maximum absolute atomic E-state index is 12.3. The summed E-state index contributed by atoms with van der Waals surface area (Å²) < 4.78 is 26.1. The summed E-state index contributed by atoms with van der Waals surface area (Å²) in [5, 5.41) is 0. The molecule has 2 aromatic rings. The van der Waals surface area contributed by atoms with Crippen molar-refractivity contribution in [1.82, 2.24) is 4.31 Å². The van der Waals surface area contributed by atoms with Crippen molar-refractivity contribution in [3.05, 3.63) is 66.2 Å². The third-order valence-corrected chi connectivity index (χ3v) is 5.60. The molecule has 0 spiro atoms. The smallest absolute Gasteiger partial charge is 0.207 e. The first-order valence-corrected chi connectivity index (χ1v) is 9.10. The van der Waals surface area contributed by atoms with Crippen LogP contribution in [0.3, 0.4) is 0 Å². The lowest BCUT2D eigenvalue weighted by Gasteiger charge is -2.17. The van der Waals surface area contributed by atoms with Gasteiger partial charge in [0.25, 0.3) is 0 Å². The molecule has 0 atom stereocenters. The molecule has 0 heterocycles. The Morgan fingerprint density at radius 1 is 0.818 bits per heavy atom. The minimum Gasteiger partial charge on any atom is -0.207 e. The Hall–Kier alpha value is -1.65. The second-order valence-electron chi connectivity index (χ2n) is 5.44. The zero-order valence-corrected chi connectivity index (χ0v) is 13.8. The summed E-state index contributed by atoms with van der Waals surface area (Å²) in [7, 11) is -1.69. The molecule has 0 unspecified atom stereocenters. The number of unbranched alkanes of at least 4 members (excludes halogenated alkanes) is 2. The van der Waals surface area contributed by atoms with Gasteiger partial charge in [0, 0.05) is 13.6 Å². The Bertz CT molecular complexity index is 654. The number of benzene rings is 2. The molecule has 2 aromatic carbocycles. The largest absolute Gasteiger partial charge is 0.242 e. The van der Waals surface area contributed by atoms with Gasteiger partial charge in [0.05, 0.1) is 4.90 Å². The van der Waals surface area contributed by atoms with Crippen molar-refractivity contribution < 1.29 is 8.42 Å². The van der Waals surface area contributed by atoms with Crippen LogP contribution in [0.1, 0.15) is 24.8 Å². The van der Waals surface area contributed by atoms with E-state index in [-0.39, 0.29) is 0 Å². The van der Waals surface area contributed by atoms with Gasteiger partial charge in [-0.15, -0.1) is 0 Å². The van der Waals surface area contributed by atoms with E-state index in [2.05, 4.69) is 24.3 Å². The Kier molecular flexibility index (Phi) is 6.16. The molecule has 118 valence electrons. The van der Waals surface area contributed by atoms with E-state index in [0.29, 0.717) is 11.4 Å². The summed E-state index contributed by atoms with van der Waals surface area (Å²) in [6.45, 7) is 0.562. The lowest BCUT2D eigenvalue weighted by molar-refractivity contribution is 0.452. The fourth-order valence-electron chi connectivity index (χ4n) is 2.38. The van der Waals surface area contributed by atoms with E-state index >= 15 is 0 Å². The molecule has 0 aromatic heterocycles. The van der Waals surface area contributed by atoms with Gasteiger partial charge in [0.15, 0.2) is 0 Å². The molecular formula is C18H23NO2S. The van der Waals surface area contributed by atoms with E-state index < -0.39 is 10.0 Å². The molecule has 2 rings (SSSR count). The number of nitrogens with zero attached hydrogens (tertiary/aromatic N) is 1. The van der Waals surface area contributed by atoms with Crippen LogP contribution in [-0.2, 0) is 16.4 Å². The lowest BCUT2D eigenvalue weighted by atomic mass is 10.1. The zero-order chi connectivity index (χ0) is 15.8. The van der Waals surface area contributed by atoms with Gasteiger partial charge in [-0.3, -0.25) is 0 Å². The highest BCUT2D eigenvalue weighted by Crippen LogP contribution is 2.14. The quantitative estimate of drug-likeness (QED) is 0.696. The monoisotopic (exact) mass is 317 g/mol. The van der Waals surface area contributed by atoms with Crippen molar-refractivity contribution in [1.29, 1.82) is 0 Å². The van der Waals surface area contributed by atoms with E-state index in [4.69, 9.17) is 0 Å². The minimum absolute atomic E-state index is 0.363. The molecule has 4 heteroatoms. The van der Waals surface area contributed by atoms with Crippen LogP contribution in [0.2, 0.25) is 0 Å². The normalized spacial score (nSPS) is 11.7. The van der Waals surface area contributed by atoms with Crippen molar-refractivity contribution in [3.8, 4) is 0 Å². The molecule has 0 saturated carbocycles. The van der Waals surface area contributed by atoms with Gasteiger partial charge in [0.2, 0.25) is 10.0 Å². The number of hydrogen-bond donors (Lipinski definition) is 0. The summed E-state index contributed by atoms with van der Waals surface area (Å²) in [5.74, 6) is 0. The maximum atomic E-state index is 12.3. The fraction of sp³-hybridized carbons (Fsp3) is 0.333. The molecule has 0 aliphatic heterocycles. The number of aryl methyl sites for hydroxylation is 1. The molecule has 0 bridgehead atoms. The summed E-state index contributed by atoms with van der Waals surface area (Å²) in [6.07, 6.45) is 4.05. The van der Waals surface area contributed by atoms with Gasteiger partial charge >= 0.3 is 0 Å². The van der Waals surface area contributed by atoms with Crippen LogP contribution in [0.15, 0.2) is 65.6 Å². The van der Waals surface area contributed by atoms with E-state index in [1.807, 2.05) is 12.1 Å². The van der Waals surface area contributed by atoms with Gasteiger partial charge in [-0.05, 0) is 37.0 Å². The number of hydrogen-bond acceptors (Lipinski definition) is 2. The zero-order valence-electron chi connectivity index (χ0n) is 13.0. The van der Waals surface area contributed by atoms with Crippen LogP contribution in [0.5, 0.6) is 0 Å². The third kappa shape index (κ3) is 4.68. The lowest BCUT2D eigenvalue weighted by Crippen LogP contribution is -2.27. The van der Waals surface area contributed by atoms with Crippen molar-refractivity contribution in [2.24, 2.45) is 0 Å². The van der Waals surface area contributed by atoms with Crippen LogP contribution >= 0.6 is 0 Å². The highest BCUT2D eigenvalue weighted by atomic mass is 32.2. The van der Waals surface area contributed by atoms with E-state index in [1.54, 1.807) is 31.3 Å². The Balaban J connectivity index is 1.75. The summed E-state index contributed by atoms with van der Waals surface area (Å²) in [5.41, 5.74) is 1.34. The molecule has 0 aliphatic rings. The van der Waals surface area contributed by atoms with Crippen molar-refractivity contribution in [2.75, 3.05) is 13.6 Å². The van der Waals surface area contributed by atoms with Gasteiger partial charge in [-0.25, -0.2) is 12.7 Å². The van der Waals surface area contributed by atoms with Crippen LogP contribution in [0, 0.1) is 0 Å². The molecule has 0 amide bonds. The maximum Gasteiger partial charge on any atom is 0.242 e. The SMILES string of the molecule is CN(CCCCCc1ccccc1)S(=O)(=O)c1ccccc1. The first-order chi connectivity index (χ1) is 10.6. The number of sulfonamides is 1. The molecule has 22 heavy (non-hydrogen) atoms. The Morgan fingerprint density at radius 2 is 1.41 bits per heavy atom. The van der Waals surface area contributed by atoms with Crippen molar-refractivity contribution in [3.63, 3.8) is 0 Å². The van der Waals surface area contributed by atoms with Crippen LogP contribution in [0.25, 0.3) is 0 Å². The fourth-order valence-corrected chi connectivity index (χ4v) is 3.61. The topological polar surface area (TPSA) is 37.4 Å². The van der Waals surface area contributed by atoms with Gasteiger partial charge in [-0.2, -0.15) is 0 Å². The second kappa shape index (κ2) is 8.11. The van der Waals surface area contributed by atoms with Crippen LogP contribution < -0.4 is 0 Å². The molecular weight excluding hydrogens is 294 g/mol. The van der Waals surface area contributed by atoms with Crippen molar-refractivity contribution >= 4 is 10.0 Å². The average molecular weight is 317 g/mol.